The topological polar surface area (TPSA) is 29.3 Å². The minimum atomic E-state index is 0.433. The predicted molar refractivity (Wildman–Crippen MR) is 72.2 cm³/mol. The Hall–Kier alpha value is -0.870. The molecule has 0 aromatic carbocycles. The normalized spacial score (nSPS) is 20.9. The molecule has 3 rings (SSSR count). The van der Waals surface area contributed by atoms with Crippen molar-refractivity contribution < 1.29 is 0 Å². The minimum absolute atomic E-state index is 0.433. The quantitative estimate of drug-likeness (QED) is 0.875. The molecule has 1 N–H and O–H groups in total. The standard InChI is InChI=1S/C13H16BrN3/c1-9-13(11-4-2-3-7-15-11)16-12-6-5-10(14)8-17(9)12/h5-6,8,11,15H,2-4,7H2,1H3. The molecule has 1 fully saturated rings. The van der Waals surface area contributed by atoms with Gasteiger partial charge in [0.2, 0.25) is 0 Å². The van der Waals surface area contributed by atoms with Crippen molar-refractivity contribution in [1.82, 2.24) is 14.7 Å². The molecule has 1 saturated heterocycles. The highest BCUT2D eigenvalue weighted by Gasteiger charge is 2.20. The first-order chi connectivity index (χ1) is 8.25. The fourth-order valence-corrected chi connectivity index (χ4v) is 2.91. The summed E-state index contributed by atoms with van der Waals surface area (Å²) in [6, 6.07) is 4.53. The predicted octanol–water partition coefficient (Wildman–Crippen LogP) is 3.22. The van der Waals surface area contributed by atoms with Crippen LogP contribution >= 0.6 is 15.9 Å². The number of hydrogen-bond donors (Lipinski definition) is 1. The Morgan fingerprint density at radius 1 is 1.41 bits per heavy atom. The first-order valence-electron chi connectivity index (χ1n) is 6.13. The molecular weight excluding hydrogens is 278 g/mol. The third kappa shape index (κ3) is 2.00. The van der Waals surface area contributed by atoms with E-state index in [4.69, 9.17) is 4.98 Å². The first-order valence-corrected chi connectivity index (χ1v) is 6.92. The van der Waals surface area contributed by atoms with Crippen LogP contribution in [0.4, 0.5) is 0 Å². The second-order valence-electron chi connectivity index (χ2n) is 4.66. The van der Waals surface area contributed by atoms with Crippen LogP contribution in [0.3, 0.4) is 0 Å². The second-order valence-corrected chi connectivity index (χ2v) is 5.58. The molecule has 3 nitrogen and oxygen atoms in total. The van der Waals surface area contributed by atoms with Crippen LogP contribution in [0.1, 0.15) is 36.7 Å². The SMILES string of the molecule is Cc1c(C2CCCCN2)nc2ccc(Br)cn12. The lowest BCUT2D eigenvalue weighted by molar-refractivity contribution is 0.405. The van der Waals surface area contributed by atoms with Crippen molar-refractivity contribution in [3.8, 4) is 0 Å². The summed E-state index contributed by atoms with van der Waals surface area (Å²) in [7, 11) is 0. The van der Waals surface area contributed by atoms with Gasteiger partial charge >= 0.3 is 0 Å². The van der Waals surface area contributed by atoms with Crippen LogP contribution in [-0.2, 0) is 0 Å². The zero-order chi connectivity index (χ0) is 11.8. The fraction of sp³-hybridized carbons (Fsp3) is 0.462. The minimum Gasteiger partial charge on any atom is -0.309 e. The zero-order valence-corrected chi connectivity index (χ0v) is 11.5. The van der Waals surface area contributed by atoms with Crippen LogP contribution in [0.5, 0.6) is 0 Å². The molecule has 0 amide bonds. The number of pyridine rings is 1. The number of imidazole rings is 1. The third-order valence-electron chi connectivity index (χ3n) is 3.50. The highest BCUT2D eigenvalue weighted by Crippen LogP contribution is 2.26. The summed E-state index contributed by atoms with van der Waals surface area (Å²) in [4.78, 5) is 4.76. The fourth-order valence-electron chi connectivity index (χ4n) is 2.57. The van der Waals surface area contributed by atoms with Crippen LogP contribution < -0.4 is 5.32 Å². The molecule has 1 aliphatic heterocycles. The number of aromatic nitrogens is 2. The summed E-state index contributed by atoms with van der Waals surface area (Å²) in [6.07, 6.45) is 5.87. The zero-order valence-electron chi connectivity index (χ0n) is 9.91. The Labute approximate surface area is 109 Å². The van der Waals surface area contributed by atoms with Gasteiger partial charge in [-0.3, -0.25) is 0 Å². The van der Waals surface area contributed by atoms with Gasteiger partial charge in [-0.05, 0) is 54.4 Å². The van der Waals surface area contributed by atoms with E-state index in [0.717, 1.165) is 16.7 Å². The van der Waals surface area contributed by atoms with Crippen molar-refractivity contribution in [3.05, 3.63) is 34.2 Å². The number of hydrogen-bond acceptors (Lipinski definition) is 2. The molecule has 1 atom stereocenters. The van der Waals surface area contributed by atoms with Crippen LogP contribution in [-0.4, -0.2) is 15.9 Å². The van der Waals surface area contributed by atoms with Gasteiger partial charge in [0, 0.05) is 16.4 Å². The van der Waals surface area contributed by atoms with E-state index in [2.05, 4.69) is 44.8 Å². The van der Waals surface area contributed by atoms with E-state index in [-0.39, 0.29) is 0 Å². The number of aryl methyl sites for hydroxylation is 1. The van der Waals surface area contributed by atoms with Gasteiger partial charge in [0.05, 0.1) is 11.7 Å². The first kappa shape index (κ1) is 11.2. The van der Waals surface area contributed by atoms with Crippen LogP contribution in [0.15, 0.2) is 22.8 Å². The molecule has 0 radical (unpaired) electrons. The monoisotopic (exact) mass is 293 g/mol. The molecule has 2 aromatic rings. The summed E-state index contributed by atoms with van der Waals surface area (Å²) < 4.78 is 3.25. The van der Waals surface area contributed by atoms with Crippen LogP contribution in [0.25, 0.3) is 5.65 Å². The summed E-state index contributed by atoms with van der Waals surface area (Å²) in [5.74, 6) is 0. The third-order valence-corrected chi connectivity index (χ3v) is 3.97. The van der Waals surface area contributed by atoms with Crippen molar-refractivity contribution in [2.75, 3.05) is 6.54 Å². The van der Waals surface area contributed by atoms with E-state index in [1.54, 1.807) is 0 Å². The van der Waals surface area contributed by atoms with Gasteiger partial charge < -0.3 is 9.72 Å². The molecule has 2 aromatic heterocycles. The van der Waals surface area contributed by atoms with Crippen molar-refractivity contribution in [2.45, 2.75) is 32.2 Å². The number of nitrogens with zero attached hydrogens (tertiary/aromatic N) is 2. The van der Waals surface area contributed by atoms with Gasteiger partial charge in [-0.1, -0.05) is 6.42 Å². The number of nitrogens with one attached hydrogen (secondary N) is 1. The molecule has 0 saturated carbocycles. The van der Waals surface area contributed by atoms with Crippen LogP contribution in [0.2, 0.25) is 0 Å². The number of piperidine rings is 1. The number of halogens is 1. The molecule has 1 unspecified atom stereocenters. The molecule has 0 spiro atoms. The number of rotatable bonds is 1. The Morgan fingerprint density at radius 2 is 2.29 bits per heavy atom. The highest BCUT2D eigenvalue weighted by molar-refractivity contribution is 9.10. The van der Waals surface area contributed by atoms with Crippen molar-refractivity contribution in [1.29, 1.82) is 0 Å². The van der Waals surface area contributed by atoms with Gasteiger partial charge in [-0.15, -0.1) is 0 Å². The van der Waals surface area contributed by atoms with Gasteiger partial charge in [0.1, 0.15) is 5.65 Å². The second kappa shape index (κ2) is 4.42. The average Bonchev–Trinajstić information content (AvgIpc) is 2.68. The maximum absolute atomic E-state index is 4.76. The Balaban J connectivity index is 2.07. The molecular formula is C13H16BrN3. The average molecular weight is 294 g/mol. The van der Waals surface area contributed by atoms with Crippen molar-refractivity contribution >= 4 is 21.6 Å². The lowest BCUT2D eigenvalue weighted by atomic mass is 10.0. The maximum Gasteiger partial charge on any atom is 0.137 e. The van der Waals surface area contributed by atoms with Gasteiger partial charge in [-0.2, -0.15) is 0 Å². The van der Waals surface area contributed by atoms with E-state index < -0.39 is 0 Å². The summed E-state index contributed by atoms with van der Waals surface area (Å²) >= 11 is 3.51. The van der Waals surface area contributed by atoms with E-state index in [0.29, 0.717) is 6.04 Å². The van der Waals surface area contributed by atoms with E-state index >= 15 is 0 Å². The smallest absolute Gasteiger partial charge is 0.137 e. The van der Waals surface area contributed by atoms with Crippen molar-refractivity contribution in [2.24, 2.45) is 0 Å². The van der Waals surface area contributed by atoms with Crippen LogP contribution in [0, 0.1) is 6.92 Å². The number of fused-ring (bicyclic) bond motifs is 1. The van der Waals surface area contributed by atoms with E-state index in [1.807, 2.05) is 6.07 Å². The van der Waals surface area contributed by atoms with Gasteiger partial charge in [0.25, 0.3) is 0 Å². The highest BCUT2D eigenvalue weighted by atomic mass is 79.9. The van der Waals surface area contributed by atoms with Crippen molar-refractivity contribution in [3.63, 3.8) is 0 Å². The van der Waals surface area contributed by atoms with E-state index in [1.165, 1.54) is 30.7 Å². The lowest BCUT2D eigenvalue weighted by Gasteiger charge is -2.22. The van der Waals surface area contributed by atoms with Gasteiger partial charge in [-0.25, -0.2) is 4.98 Å². The van der Waals surface area contributed by atoms with E-state index in [9.17, 15) is 0 Å². The Bertz CT molecular complexity index is 541. The van der Waals surface area contributed by atoms with Gasteiger partial charge in [0.15, 0.2) is 0 Å². The molecule has 0 bridgehead atoms. The largest absolute Gasteiger partial charge is 0.309 e. The molecule has 1 aliphatic rings. The summed E-state index contributed by atoms with van der Waals surface area (Å²) in [5.41, 5.74) is 3.50. The molecule has 0 aliphatic carbocycles. The molecule has 3 heterocycles. The Kier molecular flexibility index (Phi) is 2.92. The molecule has 90 valence electrons. The summed E-state index contributed by atoms with van der Waals surface area (Å²) in [5, 5.41) is 3.56. The maximum atomic E-state index is 4.76. The summed E-state index contributed by atoms with van der Waals surface area (Å²) in [6.45, 7) is 3.26. The lowest BCUT2D eigenvalue weighted by Crippen LogP contribution is -2.27. The Morgan fingerprint density at radius 3 is 3.06 bits per heavy atom. The molecule has 4 heteroatoms. The molecule has 17 heavy (non-hydrogen) atoms.